The fraction of sp³-hybridized carbons (Fsp3) is 0.824. The van der Waals surface area contributed by atoms with Crippen molar-refractivity contribution in [2.24, 2.45) is 0 Å². The van der Waals surface area contributed by atoms with Crippen LogP contribution in [0.4, 0.5) is 0 Å². The van der Waals surface area contributed by atoms with Crippen LogP contribution in [0.1, 0.15) is 53.4 Å². The number of carbonyl (C=O) groups excluding carboxylic acids is 1. The monoisotopic (exact) mass is 380 g/mol. The highest BCUT2D eigenvalue weighted by Crippen LogP contribution is 2.12. The maximum atomic E-state index is 11.4. The van der Waals surface area contributed by atoms with E-state index in [0.717, 1.165) is 20.1 Å². The Morgan fingerprint density at radius 3 is 1.76 bits per heavy atom. The van der Waals surface area contributed by atoms with Gasteiger partial charge in [-0.1, -0.05) is 27.4 Å². The van der Waals surface area contributed by atoms with E-state index in [1.54, 1.807) is 6.92 Å². The van der Waals surface area contributed by atoms with Crippen molar-refractivity contribution in [3.8, 4) is 0 Å². The second kappa shape index (κ2) is 14.2. The lowest BCUT2D eigenvalue weighted by Crippen LogP contribution is -2.51. The maximum absolute atomic E-state index is 11.4. The van der Waals surface area contributed by atoms with Gasteiger partial charge in [-0.05, 0) is 26.2 Å². The number of hydrogen-bond donors (Lipinski definition) is 1. The zero-order chi connectivity index (χ0) is 19.9. The molecule has 0 atom stereocenters. The first-order chi connectivity index (χ1) is 11.6. The molecule has 0 heterocycles. The smallest absolute Gasteiger partial charge is 0.246 e. The average Bonchev–Trinajstić information content (AvgIpc) is 2.52. The molecule has 7 nitrogen and oxygen atoms in total. The highest BCUT2D eigenvalue weighted by Gasteiger charge is 2.23. The van der Waals surface area contributed by atoms with E-state index in [-0.39, 0.29) is 5.91 Å². The van der Waals surface area contributed by atoms with E-state index in [2.05, 4.69) is 36.9 Å². The molecular weight excluding hydrogens is 344 g/mol. The van der Waals surface area contributed by atoms with E-state index < -0.39 is 10.4 Å². The summed E-state index contributed by atoms with van der Waals surface area (Å²) >= 11 is 0. The predicted molar refractivity (Wildman–Crippen MR) is 99.7 cm³/mol. The largest absolute Gasteiger partial charge is 0.726 e. The lowest BCUT2D eigenvalue weighted by atomic mass is 10.2. The van der Waals surface area contributed by atoms with Gasteiger partial charge in [0.2, 0.25) is 16.3 Å². The molecule has 0 rings (SSSR count). The number of quaternary nitrogens is 1. The Morgan fingerprint density at radius 2 is 1.48 bits per heavy atom. The third-order valence-corrected chi connectivity index (χ3v) is 4.19. The Morgan fingerprint density at radius 1 is 1.08 bits per heavy atom. The summed E-state index contributed by atoms with van der Waals surface area (Å²) in [4.78, 5) is 11.4. The molecule has 0 aliphatic heterocycles. The number of hydrogen-bond acceptors (Lipinski definition) is 5. The first-order valence-corrected chi connectivity index (χ1v) is 10.2. The van der Waals surface area contributed by atoms with Gasteiger partial charge in [0.05, 0.1) is 33.3 Å². The van der Waals surface area contributed by atoms with Crippen LogP contribution in [0.15, 0.2) is 12.2 Å². The second-order valence-corrected chi connectivity index (χ2v) is 7.35. The minimum atomic E-state index is -4.41. The fourth-order valence-corrected chi connectivity index (χ4v) is 2.86. The van der Waals surface area contributed by atoms with Crippen LogP contribution in [0.2, 0.25) is 0 Å². The average molecular weight is 381 g/mol. The molecule has 0 aromatic carbocycles. The second-order valence-electron chi connectivity index (χ2n) is 6.20. The van der Waals surface area contributed by atoms with E-state index in [0.29, 0.717) is 5.57 Å². The molecule has 8 heteroatoms. The molecule has 150 valence electrons. The minimum Gasteiger partial charge on any atom is -0.726 e. The number of nitrogens with one attached hydrogen (secondary N) is 1. The maximum Gasteiger partial charge on any atom is 0.246 e. The standard InChI is InChI=1S/C16H32N2O.CH4O4S/c1-6-11-18(12-7-2,13-8-3)14-9-10-17-16(19)15(4)5;1-5-6(2,3)4/h4,6-14H2,1-3,5H3;1H3,(H,2,3,4). The van der Waals surface area contributed by atoms with E-state index >= 15 is 0 Å². The van der Waals surface area contributed by atoms with Crippen molar-refractivity contribution in [3.63, 3.8) is 0 Å². The summed E-state index contributed by atoms with van der Waals surface area (Å²) in [5.74, 6) is -0.0143. The van der Waals surface area contributed by atoms with Crippen molar-refractivity contribution >= 4 is 16.3 Å². The van der Waals surface area contributed by atoms with Crippen LogP contribution in [-0.2, 0) is 19.4 Å². The van der Waals surface area contributed by atoms with Crippen LogP contribution in [0, 0.1) is 0 Å². The zero-order valence-electron chi connectivity index (χ0n) is 16.5. The van der Waals surface area contributed by atoms with Crippen LogP contribution in [0.5, 0.6) is 0 Å². The number of nitrogens with zero attached hydrogens (tertiary/aromatic N) is 1. The van der Waals surface area contributed by atoms with Crippen LogP contribution < -0.4 is 5.32 Å². The Labute approximate surface area is 154 Å². The van der Waals surface area contributed by atoms with Crippen molar-refractivity contribution in [2.75, 3.05) is 39.8 Å². The Hall–Kier alpha value is -0.960. The fourth-order valence-electron chi connectivity index (χ4n) is 2.86. The summed E-state index contributed by atoms with van der Waals surface area (Å²) in [6, 6.07) is 0. The van der Waals surface area contributed by atoms with Crippen molar-refractivity contribution in [2.45, 2.75) is 53.4 Å². The van der Waals surface area contributed by atoms with Crippen molar-refractivity contribution in [1.29, 1.82) is 0 Å². The van der Waals surface area contributed by atoms with Crippen molar-refractivity contribution < 1.29 is 26.4 Å². The van der Waals surface area contributed by atoms with Crippen molar-refractivity contribution in [1.82, 2.24) is 5.32 Å². The van der Waals surface area contributed by atoms with Gasteiger partial charge in [-0.25, -0.2) is 8.42 Å². The lowest BCUT2D eigenvalue weighted by molar-refractivity contribution is -0.928. The Balaban J connectivity index is 0. The molecule has 0 aromatic heterocycles. The van der Waals surface area contributed by atoms with Gasteiger partial charge in [-0.2, -0.15) is 0 Å². The van der Waals surface area contributed by atoms with Crippen molar-refractivity contribution in [3.05, 3.63) is 12.2 Å². The van der Waals surface area contributed by atoms with E-state index in [4.69, 9.17) is 0 Å². The molecule has 0 aliphatic carbocycles. The Kier molecular flexibility index (Phi) is 15.0. The molecule has 0 bridgehead atoms. The van der Waals surface area contributed by atoms with Crippen LogP contribution in [0.25, 0.3) is 0 Å². The molecule has 0 fully saturated rings. The van der Waals surface area contributed by atoms with E-state index in [9.17, 15) is 17.8 Å². The predicted octanol–water partition coefficient (Wildman–Crippen LogP) is 2.21. The minimum absolute atomic E-state index is 0.0143. The third-order valence-electron chi connectivity index (χ3n) is 3.78. The summed E-state index contributed by atoms with van der Waals surface area (Å²) in [6.07, 6.45) is 4.76. The number of rotatable bonds is 12. The quantitative estimate of drug-likeness (QED) is 0.184. The number of carbonyl (C=O) groups is 1. The molecule has 0 saturated heterocycles. The summed E-state index contributed by atoms with van der Waals surface area (Å²) in [7, 11) is -3.60. The van der Waals surface area contributed by atoms with Gasteiger partial charge in [0.1, 0.15) is 0 Å². The van der Waals surface area contributed by atoms with Gasteiger partial charge in [0.15, 0.2) is 0 Å². The normalized spacial score (nSPS) is 11.4. The van der Waals surface area contributed by atoms with Crippen LogP contribution >= 0.6 is 0 Å². The highest BCUT2D eigenvalue weighted by molar-refractivity contribution is 7.80. The topological polar surface area (TPSA) is 95.5 Å². The first kappa shape index (κ1) is 26.3. The molecule has 1 N–H and O–H groups in total. The molecule has 0 spiro atoms. The molecule has 0 aliphatic rings. The summed E-state index contributed by atoms with van der Waals surface area (Å²) in [5.41, 5.74) is 0.594. The molecule has 25 heavy (non-hydrogen) atoms. The van der Waals surface area contributed by atoms with Gasteiger partial charge in [0, 0.05) is 18.5 Å². The molecule has 0 unspecified atom stereocenters. The summed E-state index contributed by atoms with van der Waals surface area (Å²) in [6.45, 7) is 17.9. The van der Waals surface area contributed by atoms with Gasteiger partial charge in [-0.3, -0.25) is 8.98 Å². The molecule has 0 aromatic rings. The molecular formula is C17H36N2O5S. The van der Waals surface area contributed by atoms with Gasteiger partial charge < -0.3 is 14.4 Å². The van der Waals surface area contributed by atoms with E-state index in [1.165, 1.54) is 49.9 Å². The van der Waals surface area contributed by atoms with Gasteiger partial charge in [0.25, 0.3) is 0 Å². The van der Waals surface area contributed by atoms with E-state index in [1.807, 2.05) is 0 Å². The Bertz CT molecular complexity index is 460. The molecule has 1 amide bonds. The third kappa shape index (κ3) is 15.0. The van der Waals surface area contributed by atoms with Gasteiger partial charge >= 0.3 is 0 Å². The number of amides is 1. The lowest BCUT2D eigenvalue weighted by Gasteiger charge is -2.38. The van der Waals surface area contributed by atoms with Gasteiger partial charge in [-0.15, -0.1) is 0 Å². The molecule has 0 radical (unpaired) electrons. The molecule has 0 saturated carbocycles. The first-order valence-electron chi connectivity index (χ1n) is 8.87. The van der Waals surface area contributed by atoms with Crippen LogP contribution in [-0.4, -0.2) is 63.2 Å². The summed E-state index contributed by atoms with van der Waals surface area (Å²) < 4.78 is 32.2. The van der Waals surface area contributed by atoms with Crippen LogP contribution in [0.3, 0.4) is 0 Å². The zero-order valence-corrected chi connectivity index (χ0v) is 17.3. The summed E-state index contributed by atoms with van der Waals surface area (Å²) in [5, 5.41) is 2.93. The highest BCUT2D eigenvalue weighted by atomic mass is 32.3. The SMILES string of the molecule is C=C(C)C(=O)NCCC[N+](CCC)(CCC)CCC.COS(=O)(=O)[O-].